The lowest BCUT2D eigenvalue weighted by molar-refractivity contribution is 0.351. The first-order valence-electron chi connectivity index (χ1n) is 16.3. The van der Waals surface area contributed by atoms with E-state index in [1.807, 2.05) is 6.08 Å². The number of hydrogen-bond donors (Lipinski definition) is 0. The van der Waals surface area contributed by atoms with Crippen LogP contribution in [0.4, 0.5) is 0 Å². The van der Waals surface area contributed by atoms with Crippen molar-refractivity contribution in [3.63, 3.8) is 0 Å². The second-order valence-corrected chi connectivity index (χ2v) is 19.0. The van der Waals surface area contributed by atoms with Crippen LogP contribution in [0, 0.1) is 13.8 Å². The number of hydrogen-bond acceptors (Lipinski definition) is 2. The molecule has 5 aromatic rings. The average Bonchev–Trinajstić information content (AvgIpc) is 3.36. The van der Waals surface area contributed by atoms with E-state index >= 15 is 0 Å². The van der Waals surface area contributed by atoms with Gasteiger partial charge in [0.15, 0.2) is 0 Å². The van der Waals surface area contributed by atoms with Crippen LogP contribution in [-0.4, -0.2) is 21.8 Å². The minimum atomic E-state index is -2.41. The van der Waals surface area contributed by atoms with Crippen LogP contribution in [0.3, 0.4) is 0 Å². The summed E-state index contributed by atoms with van der Waals surface area (Å²) < 4.78 is 12.6. The molecule has 5 aromatic carbocycles. The summed E-state index contributed by atoms with van der Waals surface area (Å²) in [5, 5.41) is 1.28. The molecule has 1 aliphatic rings. The predicted molar refractivity (Wildman–Crippen MR) is 199 cm³/mol. The van der Waals surface area contributed by atoms with Gasteiger partial charge in [-0.25, -0.2) is 0 Å². The lowest BCUT2D eigenvalue weighted by Crippen LogP contribution is -2.49. The molecule has 0 atom stereocenters. The molecule has 1 aliphatic carbocycles. The molecule has 6 rings (SSSR count). The van der Waals surface area contributed by atoms with Crippen molar-refractivity contribution in [3.05, 3.63) is 138 Å². The molecule has 0 amide bonds. The van der Waals surface area contributed by atoms with Gasteiger partial charge in [0.05, 0.1) is 15.2 Å². The summed E-state index contributed by atoms with van der Waals surface area (Å²) >= 11 is 0. The van der Waals surface area contributed by atoms with E-state index in [1.165, 1.54) is 66.4 Å². The quantitative estimate of drug-likeness (QED) is 0.127. The average molecular weight is 623 g/mol. The topological polar surface area (TPSA) is 18.5 Å². The van der Waals surface area contributed by atoms with Crippen molar-refractivity contribution in [1.82, 2.24) is 0 Å². The Labute approximate surface area is 276 Å². The Hall–Kier alpha value is -4.34. The third kappa shape index (κ3) is 5.73. The zero-order valence-electron chi connectivity index (χ0n) is 28.6. The van der Waals surface area contributed by atoms with Crippen molar-refractivity contribution in [1.29, 1.82) is 0 Å². The molecule has 0 unspecified atom stereocenters. The minimum Gasteiger partial charge on any atom is -0.497 e. The van der Waals surface area contributed by atoms with Gasteiger partial charge in [0.2, 0.25) is 0 Å². The fourth-order valence-electron chi connectivity index (χ4n) is 7.26. The van der Waals surface area contributed by atoms with Gasteiger partial charge in [0, 0.05) is 11.1 Å². The summed E-state index contributed by atoms with van der Waals surface area (Å²) in [5.41, 5.74) is 14.3. The molecule has 234 valence electrons. The summed E-state index contributed by atoms with van der Waals surface area (Å²) in [4.78, 5) is 0. The van der Waals surface area contributed by atoms with Crippen molar-refractivity contribution in [2.45, 2.75) is 58.7 Å². The number of methoxy groups -OCH3 is 1. The summed E-state index contributed by atoms with van der Waals surface area (Å²) in [6.07, 6.45) is 1.84. The van der Waals surface area contributed by atoms with Gasteiger partial charge in [-0.1, -0.05) is 143 Å². The van der Waals surface area contributed by atoms with Crippen LogP contribution >= 0.6 is 0 Å². The first-order chi connectivity index (χ1) is 21.9. The van der Waals surface area contributed by atoms with Gasteiger partial charge in [-0.3, -0.25) is 0 Å². The van der Waals surface area contributed by atoms with Crippen molar-refractivity contribution in [2.75, 3.05) is 13.7 Å². The molecule has 0 aliphatic heterocycles. The van der Waals surface area contributed by atoms with Crippen LogP contribution in [0.15, 0.2) is 110 Å². The number of ether oxygens (including phenoxy) is 2. The zero-order valence-corrected chi connectivity index (χ0v) is 29.6. The lowest BCUT2D eigenvalue weighted by Gasteiger charge is -2.36. The number of aryl methyl sites for hydroxylation is 2. The maximum absolute atomic E-state index is 6.64. The molecule has 46 heavy (non-hydrogen) atoms. The van der Waals surface area contributed by atoms with Gasteiger partial charge < -0.3 is 9.47 Å². The third-order valence-corrected chi connectivity index (χ3v) is 13.4. The summed E-state index contributed by atoms with van der Waals surface area (Å²) in [7, 11) is -0.639. The number of rotatable bonds is 8. The molecule has 0 N–H and O–H groups in total. The van der Waals surface area contributed by atoms with Gasteiger partial charge >= 0.3 is 0 Å². The number of benzene rings is 5. The highest BCUT2D eigenvalue weighted by atomic mass is 28.3. The van der Waals surface area contributed by atoms with Crippen molar-refractivity contribution in [2.24, 2.45) is 0 Å². The molecule has 0 bridgehead atoms. The van der Waals surface area contributed by atoms with Crippen LogP contribution in [0.1, 0.15) is 54.1 Å². The van der Waals surface area contributed by atoms with Gasteiger partial charge in [0.1, 0.15) is 18.1 Å². The molecule has 0 fully saturated rings. The fraction of sp³-hybridized carbons (Fsp3) is 0.256. The Morgan fingerprint density at radius 1 is 0.717 bits per heavy atom. The highest BCUT2D eigenvalue weighted by Crippen LogP contribution is 2.52. The van der Waals surface area contributed by atoms with Crippen LogP contribution in [0.2, 0.25) is 13.1 Å². The van der Waals surface area contributed by atoms with E-state index in [4.69, 9.17) is 9.47 Å². The Morgan fingerprint density at radius 3 is 1.70 bits per heavy atom. The van der Waals surface area contributed by atoms with Gasteiger partial charge in [0.25, 0.3) is 0 Å². The standard InChI is InChI=1S/C43H46O2Si/c1-10-21-45-41-39(43(4,5)6)26-34(44-7)27-40(41)46(8,9)42-37-24-32(30-15-11-13-28(2)22-30)17-19-35(37)36-20-18-33(25-38(36)42)31-16-12-14-29(3)23-31/h10-20,22-27,42H,1,21H2,2-9H3. The Kier molecular flexibility index (Phi) is 8.33. The molecule has 0 aromatic heterocycles. The van der Waals surface area contributed by atoms with E-state index < -0.39 is 8.07 Å². The molecule has 0 saturated heterocycles. The van der Waals surface area contributed by atoms with Gasteiger partial charge in [-0.15, -0.1) is 0 Å². The van der Waals surface area contributed by atoms with E-state index in [0.717, 1.165) is 11.5 Å². The van der Waals surface area contributed by atoms with Gasteiger partial charge in [-0.2, -0.15) is 0 Å². The SMILES string of the molecule is C=CCOc1c(C(C)(C)C)cc(OC)cc1[Si](C)(C)C1c2cc(-c3cccc(C)c3)ccc2-c2ccc(-c3cccc(C)c3)cc21. The Bertz CT molecular complexity index is 1850. The second-order valence-electron chi connectivity index (χ2n) is 14.4. The molecule has 0 radical (unpaired) electrons. The van der Waals surface area contributed by atoms with E-state index in [0.29, 0.717) is 6.61 Å². The minimum absolute atomic E-state index is 0.132. The zero-order chi connectivity index (χ0) is 32.8. The largest absolute Gasteiger partial charge is 0.497 e. The van der Waals surface area contributed by atoms with Crippen LogP contribution in [-0.2, 0) is 5.41 Å². The monoisotopic (exact) mass is 622 g/mol. The summed E-state index contributed by atoms with van der Waals surface area (Å²) in [6.45, 7) is 20.6. The molecule has 0 spiro atoms. The molecule has 0 heterocycles. The van der Waals surface area contributed by atoms with Crippen LogP contribution < -0.4 is 14.7 Å². The Morgan fingerprint density at radius 2 is 1.24 bits per heavy atom. The van der Waals surface area contributed by atoms with Crippen molar-refractivity contribution in [3.8, 4) is 44.9 Å². The molecular formula is C43H46O2Si. The third-order valence-electron chi connectivity index (χ3n) is 9.59. The first-order valence-corrected chi connectivity index (χ1v) is 19.4. The van der Waals surface area contributed by atoms with Crippen LogP contribution in [0.5, 0.6) is 11.5 Å². The molecular weight excluding hydrogens is 577 g/mol. The first kappa shape index (κ1) is 31.6. The number of fused-ring (bicyclic) bond motifs is 3. The van der Waals surface area contributed by atoms with Crippen molar-refractivity contribution < 1.29 is 9.47 Å². The second kappa shape index (κ2) is 12.1. The maximum Gasteiger partial charge on any atom is 0.123 e. The van der Waals surface area contributed by atoms with E-state index in [9.17, 15) is 0 Å². The predicted octanol–water partition coefficient (Wildman–Crippen LogP) is 10.8. The smallest absolute Gasteiger partial charge is 0.123 e. The van der Waals surface area contributed by atoms with Crippen LogP contribution in [0.25, 0.3) is 33.4 Å². The highest BCUT2D eigenvalue weighted by molar-refractivity contribution is 6.92. The molecule has 0 saturated carbocycles. The normalized spacial score (nSPS) is 12.9. The summed E-state index contributed by atoms with van der Waals surface area (Å²) in [5.74, 6) is 1.87. The van der Waals surface area contributed by atoms with Crippen molar-refractivity contribution >= 4 is 13.3 Å². The summed E-state index contributed by atoms with van der Waals surface area (Å²) in [6, 6.07) is 36.3. The van der Waals surface area contributed by atoms with E-state index in [-0.39, 0.29) is 11.0 Å². The maximum atomic E-state index is 6.64. The lowest BCUT2D eigenvalue weighted by atomic mass is 9.86. The van der Waals surface area contributed by atoms with E-state index in [2.05, 4.69) is 151 Å². The fourth-order valence-corrected chi connectivity index (χ4v) is 10.9. The highest BCUT2D eigenvalue weighted by Gasteiger charge is 2.45. The van der Waals surface area contributed by atoms with Gasteiger partial charge in [-0.05, 0) is 81.1 Å². The van der Waals surface area contributed by atoms with E-state index in [1.54, 1.807) is 7.11 Å². The molecule has 3 heteroatoms. The Balaban J connectivity index is 1.63. The molecule has 2 nitrogen and oxygen atoms in total.